The number of nitrogens with zero attached hydrogens (tertiary/aromatic N) is 3. The zero-order chi connectivity index (χ0) is 17.3. The van der Waals surface area contributed by atoms with E-state index in [1.807, 2.05) is 41.4 Å². The van der Waals surface area contributed by atoms with Crippen molar-refractivity contribution in [1.29, 1.82) is 0 Å². The molecule has 6 nitrogen and oxygen atoms in total. The first-order valence-corrected chi connectivity index (χ1v) is 8.89. The van der Waals surface area contributed by atoms with Crippen molar-refractivity contribution in [3.05, 3.63) is 48.3 Å². The van der Waals surface area contributed by atoms with Gasteiger partial charge in [-0.3, -0.25) is 4.79 Å². The van der Waals surface area contributed by atoms with Gasteiger partial charge in [0.05, 0.1) is 17.4 Å². The standard InChI is InChI=1S/C19H23N3O3/c23-17-6-2-13-25-19(17)7-11-21(12-8-19)18(24)15-4-1-5-16(14-15)22-10-3-9-20-22/h1,3-5,9-10,14,17,23H,2,6-8,11-13H2/t17-/m0/s1. The Morgan fingerprint density at radius 1 is 1.28 bits per heavy atom. The van der Waals surface area contributed by atoms with Crippen LogP contribution in [0.2, 0.25) is 0 Å². The molecule has 2 saturated heterocycles. The van der Waals surface area contributed by atoms with Crippen LogP contribution in [0, 0.1) is 0 Å². The highest BCUT2D eigenvalue weighted by Crippen LogP contribution is 2.35. The molecule has 1 aromatic carbocycles. The van der Waals surface area contributed by atoms with Gasteiger partial charge in [0.15, 0.2) is 0 Å². The lowest BCUT2D eigenvalue weighted by Gasteiger charge is -2.46. The Hall–Kier alpha value is -2.18. The lowest BCUT2D eigenvalue weighted by molar-refractivity contribution is -0.174. The summed E-state index contributed by atoms with van der Waals surface area (Å²) in [6, 6.07) is 9.37. The predicted octanol–water partition coefficient (Wildman–Crippen LogP) is 2.02. The fraction of sp³-hybridized carbons (Fsp3) is 0.474. The molecular weight excluding hydrogens is 318 g/mol. The summed E-state index contributed by atoms with van der Waals surface area (Å²) >= 11 is 0. The number of hydrogen-bond acceptors (Lipinski definition) is 4. The average molecular weight is 341 g/mol. The van der Waals surface area contributed by atoms with Gasteiger partial charge in [0.1, 0.15) is 0 Å². The number of piperidine rings is 1. The van der Waals surface area contributed by atoms with E-state index in [1.54, 1.807) is 10.9 Å². The highest BCUT2D eigenvalue weighted by molar-refractivity contribution is 5.94. The van der Waals surface area contributed by atoms with Crippen molar-refractivity contribution in [2.45, 2.75) is 37.4 Å². The molecule has 1 atom stereocenters. The molecule has 0 aliphatic carbocycles. The van der Waals surface area contributed by atoms with Crippen molar-refractivity contribution in [3.8, 4) is 5.69 Å². The molecule has 6 heteroatoms. The van der Waals surface area contributed by atoms with Crippen molar-refractivity contribution in [2.24, 2.45) is 0 Å². The summed E-state index contributed by atoms with van der Waals surface area (Å²) in [7, 11) is 0. The molecule has 132 valence electrons. The number of aliphatic hydroxyl groups is 1. The smallest absolute Gasteiger partial charge is 0.253 e. The molecule has 0 radical (unpaired) electrons. The summed E-state index contributed by atoms with van der Waals surface area (Å²) in [6.07, 6.45) is 6.24. The second kappa shape index (κ2) is 6.61. The van der Waals surface area contributed by atoms with Crippen LogP contribution in [0.3, 0.4) is 0 Å². The molecule has 2 aliphatic rings. The van der Waals surface area contributed by atoms with E-state index in [2.05, 4.69) is 5.10 Å². The van der Waals surface area contributed by atoms with Gasteiger partial charge in [-0.15, -0.1) is 0 Å². The van der Waals surface area contributed by atoms with E-state index in [-0.39, 0.29) is 5.91 Å². The number of carbonyl (C=O) groups is 1. The van der Waals surface area contributed by atoms with Gasteiger partial charge in [-0.25, -0.2) is 4.68 Å². The van der Waals surface area contributed by atoms with Crippen molar-refractivity contribution in [3.63, 3.8) is 0 Å². The van der Waals surface area contributed by atoms with Gasteiger partial charge in [0.2, 0.25) is 0 Å². The lowest BCUT2D eigenvalue weighted by Crippen LogP contribution is -2.56. The molecule has 2 aromatic rings. The van der Waals surface area contributed by atoms with Crippen molar-refractivity contribution < 1.29 is 14.6 Å². The van der Waals surface area contributed by atoms with Crippen molar-refractivity contribution in [1.82, 2.24) is 14.7 Å². The van der Waals surface area contributed by atoms with E-state index in [0.29, 0.717) is 38.1 Å². The Kier molecular flexibility index (Phi) is 4.31. The summed E-state index contributed by atoms with van der Waals surface area (Å²) in [5, 5.41) is 14.5. The van der Waals surface area contributed by atoms with Crippen LogP contribution < -0.4 is 0 Å². The van der Waals surface area contributed by atoms with Crippen LogP contribution in [-0.2, 0) is 4.74 Å². The second-order valence-corrected chi connectivity index (χ2v) is 6.86. The van der Waals surface area contributed by atoms with Crippen LogP contribution in [0.1, 0.15) is 36.0 Å². The fourth-order valence-electron chi connectivity index (χ4n) is 3.86. The molecule has 0 saturated carbocycles. The molecule has 25 heavy (non-hydrogen) atoms. The topological polar surface area (TPSA) is 67.6 Å². The molecule has 2 fully saturated rings. The quantitative estimate of drug-likeness (QED) is 0.907. The van der Waals surface area contributed by atoms with E-state index in [9.17, 15) is 9.90 Å². The van der Waals surface area contributed by atoms with E-state index < -0.39 is 11.7 Å². The summed E-state index contributed by atoms with van der Waals surface area (Å²) in [5.74, 6) is 0.0224. The van der Waals surface area contributed by atoms with Gasteiger partial charge >= 0.3 is 0 Å². The number of carbonyl (C=O) groups excluding carboxylic acids is 1. The molecular formula is C19H23N3O3. The first-order chi connectivity index (χ1) is 12.2. The number of aromatic nitrogens is 2. The molecule has 0 bridgehead atoms. The van der Waals surface area contributed by atoms with Crippen LogP contribution in [0.15, 0.2) is 42.7 Å². The molecule has 2 aliphatic heterocycles. The molecule has 1 amide bonds. The minimum absolute atomic E-state index is 0.0224. The number of ether oxygens (including phenoxy) is 1. The van der Waals surface area contributed by atoms with Gasteiger partial charge < -0.3 is 14.7 Å². The second-order valence-electron chi connectivity index (χ2n) is 6.86. The fourth-order valence-corrected chi connectivity index (χ4v) is 3.86. The van der Waals surface area contributed by atoms with Gasteiger partial charge in [-0.05, 0) is 49.9 Å². The Balaban J connectivity index is 1.47. The minimum Gasteiger partial charge on any atom is -0.390 e. The van der Waals surface area contributed by atoms with Crippen LogP contribution >= 0.6 is 0 Å². The summed E-state index contributed by atoms with van der Waals surface area (Å²) in [4.78, 5) is 14.7. The Bertz CT molecular complexity index is 736. The largest absolute Gasteiger partial charge is 0.390 e. The Labute approximate surface area is 147 Å². The SMILES string of the molecule is O=C(c1cccc(-n2cccn2)c1)N1CCC2(CC1)OCCC[C@@H]2O. The third-order valence-electron chi connectivity index (χ3n) is 5.38. The average Bonchev–Trinajstić information content (AvgIpc) is 3.19. The van der Waals surface area contributed by atoms with Crippen LogP contribution in [0.4, 0.5) is 0 Å². The molecule has 3 heterocycles. The van der Waals surface area contributed by atoms with Gasteiger partial charge in [0, 0.05) is 37.7 Å². The summed E-state index contributed by atoms with van der Waals surface area (Å²) in [6.45, 7) is 1.93. The van der Waals surface area contributed by atoms with E-state index >= 15 is 0 Å². The Morgan fingerprint density at radius 3 is 2.84 bits per heavy atom. The van der Waals surface area contributed by atoms with E-state index in [0.717, 1.165) is 18.5 Å². The maximum atomic E-state index is 12.9. The van der Waals surface area contributed by atoms with Gasteiger partial charge in [-0.1, -0.05) is 6.07 Å². The van der Waals surface area contributed by atoms with Gasteiger partial charge in [-0.2, -0.15) is 5.10 Å². The van der Waals surface area contributed by atoms with Crippen LogP contribution in [0.5, 0.6) is 0 Å². The number of hydrogen-bond donors (Lipinski definition) is 1. The zero-order valence-corrected chi connectivity index (χ0v) is 14.2. The number of likely N-dealkylation sites (tertiary alicyclic amines) is 1. The van der Waals surface area contributed by atoms with E-state index in [1.165, 1.54) is 0 Å². The van der Waals surface area contributed by atoms with Gasteiger partial charge in [0.25, 0.3) is 5.91 Å². The maximum Gasteiger partial charge on any atom is 0.253 e. The third-order valence-corrected chi connectivity index (χ3v) is 5.38. The van der Waals surface area contributed by atoms with Crippen LogP contribution in [-0.4, -0.2) is 57.1 Å². The number of aliphatic hydroxyl groups excluding tert-OH is 1. The number of benzene rings is 1. The Morgan fingerprint density at radius 2 is 2.12 bits per heavy atom. The summed E-state index contributed by atoms with van der Waals surface area (Å²) in [5.41, 5.74) is 1.08. The minimum atomic E-state index is -0.452. The zero-order valence-electron chi connectivity index (χ0n) is 14.2. The van der Waals surface area contributed by atoms with E-state index in [4.69, 9.17) is 4.74 Å². The highest BCUT2D eigenvalue weighted by atomic mass is 16.5. The first kappa shape index (κ1) is 16.3. The lowest BCUT2D eigenvalue weighted by atomic mass is 9.82. The predicted molar refractivity (Wildman–Crippen MR) is 92.6 cm³/mol. The molecule has 1 aromatic heterocycles. The third kappa shape index (κ3) is 3.07. The van der Waals surface area contributed by atoms with Crippen molar-refractivity contribution in [2.75, 3.05) is 19.7 Å². The molecule has 0 unspecified atom stereocenters. The maximum absolute atomic E-state index is 12.9. The molecule has 4 rings (SSSR count). The first-order valence-electron chi connectivity index (χ1n) is 8.89. The van der Waals surface area contributed by atoms with Crippen LogP contribution in [0.25, 0.3) is 5.69 Å². The summed E-state index contributed by atoms with van der Waals surface area (Å²) < 4.78 is 7.67. The molecule has 1 spiro atoms. The monoisotopic (exact) mass is 341 g/mol. The highest BCUT2D eigenvalue weighted by Gasteiger charge is 2.44. The van der Waals surface area contributed by atoms with Crippen molar-refractivity contribution >= 4 is 5.91 Å². The number of rotatable bonds is 2. The molecule has 1 N–H and O–H groups in total. The normalized spacial score (nSPS) is 22.9. The number of amides is 1.